The topological polar surface area (TPSA) is 60.2 Å². The predicted molar refractivity (Wildman–Crippen MR) is 87.0 cm³/mol. The smallest absolute Gasteiger partial charge is 0.207 e. The summed E-state index contributed by atoms with van der Waals surface area (Å²) in [5.41, 5.74) is 0. The fourth-order valence-electron chi connectivity index (χ4n) is 2.86. The summed E-state index contributed by atoms with van der Waals surface area (Å²) in [5, 5.41) is 10.8. The van der Waals surface area contributed by atoms with E-state index in [1.165, 1.54) is 25.7 Å². The summed E-state index contributed by atoms with van der Waals surface area (Å²) in [6, 6.07) is 0. The number of unbranched alkanes of at least 4 members (excludes halogenated alkanes) is 7. The van der Waals surface area contributed by atoms with E-state index in [2.05, 4.69) is 13.8 Å². The van der Waals surface area contributed by atoms with Crippen LogP contribution in [0.2, 0.25) is 0 Å². The van der Waals surface area contributed by atoms with E-state index in [1.54, 1.807) is 0 Å². The molecule has 21 heavy (non-hydrogen) atoms. The third-order valence-corrected chi connectivity index (χ3v) is 4.23. The first-order valence-corrected chi connectivity index (χ1v) is 8.72. The molecule has 0 aromatic rings. The maximum Gasteiger partial charge on any atom is 0.207 e. The van der Waals surface area contributed by atoms with Crippen LogP contribution in [-0.4, -0.2) is 17.8 Å². The maximum atomic E-state index is 11.3. The van der Waals surface area contributed by atoms with Crippen LogP contribution in [0.25, 0.3) is 0 Å². The Kier molecular flexibility index (Phi) is 13.4. The van der Waals surface area contributed by atoms with Gasteiger partial charge < -0.3 is 4.79 Å². The van der Waals surface area contributed by atoms with Crippen LogP contribution in [0.1, 0.15) is 84.5 Å². The van der Waals surface area contributed by atoms with E-state index in [0.717, 1.165) is 51.2 Å². The molecule has 124 valence electrons. The maximum absolute atomic E-state index is 11.3. The normalized spacial score (nSPS) is 13.8. The Bertz CT molecular complexity index is 269. The van der Waals surface area contributed by atoms with E-state index in [1.807, 2.05) is 0 Å². The predicted octanol–water partition coefficient (Wildman–Crippen LogP) is 5.03. The van der Waals surface area contributed by atoms with Crippen molar-refractivity contribution in [1.82, 2.24) is 0 Å². The van der Waals surface area contributed by atoms with Gasteiger partial charge in [0, 0.05) is 16.8 Å². The highest BCUT2D eigenvalue weighted by Gasteiger charge is 2.25. The summed E-state index contributed by atoms with van der Waals surface area (Å²) in [6.45, 7) is 4.26. The first-order chi connectivity index (χ1) is 10.2. The molecule has 0 unspecified atom stereocenters. The summed E-state index contributed by atoms with van der Waals surface area (Å²) < 4.78 is 0. The minimum Gasteiger partial charge on any atom is -0.303 e. The number of nitro groups is 1. The van der Waals surface area contributed by atoms with Gasteiger partial charge in [-0.3, -0.25) is 10.1 Å². The van der Waals surface area contributed by atoms with Gasteiger partial charge in [-0.1, -0.05) is 71.6 Å². The van der Waals surface area contributed by atoms with Crippen molar-refractivity contribution in [3.63, 3.8) is 0 Å². The number of carbonyl (C=O) groups excluding carboxylic acids is 1. The lowest BCUT2D eigenvalue weighted by Crippen LogP contribution is -2.24. The van der Waals surface area contributed by atoms with Gasteiger partial charge >= 0.3 is 0 Å². The summed E-state index contributed by atoms with van der Waals surface area (Å²) in [5.74, 6) is -0.196. The van der Waals surface area contributed by atoms with Gasteiger partial charge in [0.2, 0.25) is 6.54 Å². The second-order valence-electron chi connectivity index (χ2n) is 6.13. The largest absolute Gasteiger partial charge is 0.303 e. The fourth-order valence-corrected chi connectivity index (χ4v) is 2.86. The van der Waals surface area contributed by atoms with Gasteiger partial charge in [0.15, 0.2) is 0 Å². The summed E-state index contributed by atoms with van der Waals surface area (Å²) in [7, 11) is 0. The highest BCUT2D eigenvalue weighted by Crippen LogP contribution is 2.24. The Balaban J connectivity index is 4.12. The van der Waals surface area contributed by atoms with Gasteiger partial charge in [-0.2, -0.15) is 0 Å². The van der Waals surface area contributed by atoms with Crippen LogP contribution in [0.5, 0.6) is 0 Å². The summed E-state index contributed by atoms with van der Waals surface area (Å²) in [4.78, 5) is 21.8. The van der Waals surface area contributed by atoms with Crippen LogP contribution >= 0.6 is 0 Å². The molecular weight excluding hydrogens is 266 g/mol. The number of carbonyl (C=O) groups is 1. The third kappa shape index (κ3) is 11.4. The second-order valence-corrected chi connectivity index (χ2v) is 6.13. The van der Waals surface area contributed by atoms with Crippen molar-refractivity contribution in [2.75, 3.05) is 6.54 Å². The fraction of sp³-hybridized carbons (Fsp3) is 0.941. The van der Waals surface area contributed by atoms with E-state index in [9.17, 15) is 14.9 Å². The van der Waals surface area contributed by atoms with E-state index in [-0.39, 0.29) is 23.3 Å². The molecular formula is C17H33NO3. The standard InChI is InChI=1S/C17H33NO3/c1-3-5-7-8-9-11-13-17(15-19)16(14-18(20)21)12-10-6-4-2/h15-17H,3-14H2,1-2H3/t16-,17-/m0/s1. The van der Waals surface area contributed by atoms with E-state index >= 15 is 0 Å². The molecule has 4 heteroatoms. The van der Waals surface area contributed by atoms with E-state index < -0.39 is 0 Å². The molecule has 0 saturated heterocycles. The first kappa shape index (κ1) is 20.1. The molecule has 0 heterocycles. The Labute approximate surface area is 129 Å². The number of aldehydes is 1. The molecule has 0 aliphatic rings. The Morgan fingerprint density at radius 2 is 1.43 bits per heavy atom. The summed E-state index contributed by atoms with van der Waals surface area (Å²) >= 11 is 0. The minimum absolute atomic E-state index is 0.0526. The molecule has 0 amide bonds. The molecule has 0 radical (unpaired) electrons. The number of nitrogens with zero attached hydrogens (tertiary/aromatic N) is 1. The number of rotatable bonds is 15. The Morgan fingerprint density at radius 3 is 2.00 bits per heavy atom. The van der Waals surface area contributed by atoms with E-state index in [0.29, 0.717) is 0 Å². The van der Waals surface area contributed by atoms with Gasteiger partial charge in [0.25, 0.3) is 0 Å². The van der Waals surface area contributed by atoms with Crippen LogP contribution in [-0.2, 0) is 4.79 Å². The lowest BCUT2D eigenvalue weighted by Gasteiger charge is -2.19. The van der Waals surface area contributed by atoms with Crippen molar-refractivity contribution in [2.45, 2.75) is 84.5 Å². The molecule has 0 rings (SSSR count). The van der Waals surface area contributed by atoms with Crippen molar-refractivity contribution in [2.24, 2.45) is 11.8 Å². The Hall–Kier alpha value is -0.930. The number of hydrogen-bond donors (Lipinski definition) is 0. The molecule has 0 spiro atoms. The summed E-state index contributed by atoms with van der Waals surface area (Å²) in [6.07, 6.45) is 12.9. The average molecular weight is 299 g/mol. The van der Waals surface area contributed by atoms with Crippen LogP contribution in [0, 0.1) is 22.0 Å². The molecule has 0 aliphatic carbocycles. The van der Waals surface area contributed by atoms with E-state index in [4.69, 9.17) is 0 Å². The Morgan fingerprint density at radius 1 is 0.905 bits per heavy atom. The molecule has 0 aromatic heterocycles. The molecule has 0 N–H and O–H groups in total. The molecule has 0 aromatic carbocycles. The lowest BCUT2D eigenvalue weighted by atomic mass is 9.85. The highest BCUT2D eigenvalue weighted by atomic mass is 16.6. The molecule has 0 bridgehead atoms. The van der Waals surface area contributed by atoms with Crippen LogP contribution < -0.4 is 0 Å². The second kappa shape index (κ2) is 14.0. The van der Waals surface area contributed by atoms with Gasteiger partial charge in [-0.25, -0.2) is 0 Å². The zero-order valence-electron chi connectivity index (χ0n) is 13.9. The SMILES string of the molecule is CCCCCCCC[C@@H](C=O)[C@@H](CCCCC)C[N+](=O)[O-]. The first-order valence-electron chi connectivity index (χ1n) is 8.72. The van der Waals surface area contributed by atoms with Crippen molar-refractivity contribution < 1.29 is 9.72 Å². The average Bonchev–Trinajstić information content (AvgIpc) is 2.45. The zero-order chi connectivity index (χ0) is 15.9. The molecule has 0 saturated carbocycles. The van der Waals surface area contributed by atoms with Crippen molar-refractivity contribution in [1.29, 1.82) is 0 Å². The molecule has 4 nitrogen and oxygen atoms in total. The van der Waals surface area contributed by atoms with Gasteiger partial charge in [-0.15, -0.1) is 0 Å². The van der Waals surface area contributed by atoms with Gasteiger partial charge in [0.05, 0.1) is 0 Å². The highest BCUT2D eigenvalue weighted by molar-refractivity contribution is 5.53. The quantitative estimate of drug-likeness (QED) is 0.184. The van der Waals surface area contributed by atoms with Gasteiger partial charge in [-0.05, 0) is 12.8 Å². The molecule has 0 aliphatic heterocycles. The monoisotopic (exact) mass is 299 g/mol. The number of hydrogen-bond acceptors (Lipinski definition) is 3. The van der Waals surface area contributed by atoms with Crippen LogP contribution in [0.15, 0.2) is 0 Å². The van der Waals surface area contributed by atoms with Crippen molar-refractivity contribution >= 4 is 6.29 Å². The lowest BCUT2D eigenvalue weighted by molar-refractivity contribution is -0.489. The van der Waals surface area contributed by atoms with Crippen molar-refractivity contribution in [3.05, 3.63) is 10.1 Å². The molecule has 0 fully saturated rings. The third-order valence-electron chi connectivity index (χ3n) is 4.23. The minimum atomic E-state index is -0.256. The molecule has 2 atom stereocenters. The van der Waals surface area contributed by atoms with Gasteiger partial charge in [0.1, 0.15) is 6.29 Å². The van der Waals surface area contributed by atoms with Crippen molar-refractivity contribution in [3.8, 4) is 0 Å². The zero-order valence-corrected chi connectivity index (χ0v) is 13.9. The van der Waals surface area contributed by atoms with Crippen LogP contribution in [0.3, 0.4) is 0 Å². The van der Waals surface area contributed by atoms with Crippen LogP contribution in [0.4, 0.5) is 0 Å².